The summed E-state index contributed by atoms with van der Waals surface area (Å²) in [6.07, 6.45) is 13.3. The molecule has 0 bridgehead atoms. The van der Waals surface area contributed by atoms with E-state index in [1.807, 2.05) is 46.1 Å². The Labute approximate surface area is 300 Å². The van der Waals surface area contributed by atoms with Crippen molar-refractivity contribution in [2.45, 2.75) is 96.2 Å². The molecule has 1 saturated heterocycles. The fraction of sp³-hybridized carbons (Fsp3) is 0.611. The van der Waals surface area contributed by atoms with E-state index in [0.717, 1.165) is 61.8 Å². The Morgan fingerprint density at radius 2 is 1.82 bits per heavy atom. The number of rotatable bonds is 20. The highest BCUT2D eigenvalue weighted by Crippen LogP contribution is 2.23. The molecule has 4 aromatic rings. The maximum Gasteiger partial charge on any atom is 0.306 e. The van der Waals surface area contributed by atoms with Crippen molar-refractivity contribution in [2.24, 2.45) is 0 Å². The van der Waals surface area contributed by atoms with Gasteiger partial charge in [-0.3, -0.25) is 14.4 Å². The van der Waals surface area contributed by atoms with Gasteiger partial charge in [0.1, 0.15) is 24.0 Å². The number of carbonyl (C=O) groups is 1. The summed E-state index contributed by atoms with van der Waals surface area (Å²) in [5.74, 6) is 1.00. The van der Waals surface area contributed by atoms with E-state index in [-0.39, 0.29) is 19.0 Å². The molecular weight excluding hydrogens is 648 g/mol. The number of piperazine rings is 1. The molecule has 1 saturated carbocycles. The van der Waals surface area contributed by atoms with Crippen molar-refractivity contribution in [3.05, 3.63) is 54.1 Å². The van der Waals surface area contributed by atoms with Gasteiger partial charge in [-0.25, -0.2) is 4.98 Å². The van der Waals surface area contributed by atoms with Gasteiger partial charge in [0.25, 0.3) is 0 Å². The SMILES string of the molecule is O=C(CCCC(O)N1CCN(c2nc(NCc3cn(CCCNCCCNC4CCCCC4)nn3)c3[nH]cnc3n2)CC1)OCc1ccccc1. The summed E-state index contributed by atoms with van der Waals surface area (Å²) in [6.45, 7) is 7.25. The molecule has 1 aliphatic heterocycles. The van der Waals surface area contributed by atoms with Crippen molar-refractivity contribution in [2.75, 3.05) is 56.0 Å². The quantitative estimate of drug-likeness (QED) is 0.0672. The summed E-state index contributed by atoms with van der Waals surface area (Å²) in [5, 5.41) is 30.2. The summed E-state index contributed by atoms with van der Waals surface area (Å²) in [6, 6.07) is 10.4. The van der Waals surface area contributed by atoms with Crippen molar-refractivity contribution < 1.29 is 14.6 Å². The van der Waals surface area contributed by atoms with Crippen molar-refractivity contribution in [1.29, 1.82) is 0 Å². The number of aromatic amines is 1. The van der Waals surface area contributed by atoms with Crippen LogP contribution < -0.4 is 20.9 Å². The smallest absolute Gasteiger partial charge is 0.306 e. The van der Waals surface area contributed by atoms with Crippen molar-refractivity contribution in [3.8, 4) is 0 Å². The molecule has 0 amide bonds. The summed E-state index contributed by atoms with van der Waals surface area (Å²) in [5.41, 5.74) is 3.12. The molecule has 3 aromatic heterocycles. The summed E-state index contributed by atoms with van der Waals surface area (Å²) < 4.78 is 7.26. The molecule has 0 spiro atoms. The van der Waals surface area contributed by atoms with Crippen LogP contribution in [0.25, 0.3) is 11.2 Å². The lowest BCUT2D eigenvalue weighted by molar-refractivity contribution is -0.145. The average Bonchev–Trinajstić information content (AvgIpc) is 3.85. The minimum absolute atomic E-state index is 0.248. The Balaban J connectivity index is 0.884. The Morgan fingerprint density at radius 3 is 2.67 bits per heavy atom. The van der Waals surface area contributed by atoms with Gasteiger partial charge >= 0.3 is 5.97 Å². The molecule has 5 N–H and O–H groups in total. The molecule has 0 radical (unpaired) electrons. The molecule has 1 unspecified atom stereocenters. The van der Waals surface area contributed by atoms with Gasteiger partial charge in [-0.2, -0.15) is 9.97 Å². The highest BCUT2D eigenvalue weighted by atomic mass is 16.5. The zero-order valence-electron chi connectivity index (χ0n) is 29.7. The predicted molar refractivity (Wildman–Crippen MR) is 196 cm³/mol. The number of H-pyrrole nitrogens is 1. The maximum absolute atomic E-state index is 12.2. The summed E-state index contributed by atoms with van der Waals surface area (Å²) >= 11 is 0. The van der Waals surface area contributed by atoms with Crippen LogP contribution >= 0.6 is 0 Å². The van der Waals surface area contributed by atoms with Crippen LogP contribution in [0.2, 0.25) is 0 Å². The summed E-state index contributed by atoms with van der Waals surface area (Å²) in [4.78, 5) is 33.4. The largest absolute Gasteiger partial charge is 0.461 e. The molecule has 4 heterocycles. The number of benzene rings is 1. The van der Waals surface area contributed by atoms with Crippen molar-refractivity contribution >= 4 is 28.9 Å². The van der Waals surface area contributed by atoms with E-state index in [9.17, 15) is 9.90 Å². The number of aliphatic hydroxyl groups excluding tert-OH is 1. The molecule has 1 aromatic carbocycles. The molecule has 1 atom stereocenters. The number of nitrogens with zero attached hydrogens (tertiary/aromatic N) is 8. The van der Waals surface area contributed by atoms with Gasteiger partial charge in [-0.05, 0) is 63.7 Å². The topological polar surface area (TPSA) is 174 Å². The number of nitrogens with one attached hydrogen (secondary N) is 4. The zero-order valence-corrected chi connectivity index (χ0v) is 29.7. The van der Waals surface area contributed by atoms with Crippen LogP contribution in [0.15, 0.2) is 42.9 Å². The Bertz CT molecular complexity index is 1600. The minimum atomic E-state index is -0.621. The fourth-order valence-corrected chi connectivity index (χ4v) is 6.75. The molecule has 2 aliphatic rings. The van der Waals surface area contributed by atoms with Crippen LogP contribution in [0.3, 0.4) is 0 Å². The Kier molecular flexibility index (Phi) is 13.9. The molecular formula is C36H54N12O3. The Hall–Kier alpha value is -4.18. The number of hydrogen-bond donors (Lipinski definition) is 5. The van der Waals surface area contributed by atoms with Crippen molar-refractivity contribution in [1.82, 2.24) is 50.5 Å². The van der Waals surface area contributed by atoms with E-state index >= 15 is 0 Å². The summed E-state index contributed by atoms with van der Waals surface area (Å²) in [7, 11) is 0. The molecule has 15 nitrogen and oxygen atoms in total. The van der Waals surface area contributed by atoms with Gasteiger partial charge < -0.3 is 35.7 Å². The van der Waals surface area contributed by atoms with Crippen LogP contribution in [0.5, 0.6) is 0 Å². The molecule has 1 aliphatic carbocycles. The van der Waals surface area contributed by atoms with Gasteiger partial charge in [0.05, 0.1) is 19.1 Å². The lowest BCUT2D eigenvalue weighted by Crippen LogP contribution is -2.50. The maximum atomic E-state index is 12.2. The monoisotopic (exact) mass is 702 g/mol. The van der Waals surface area contributed by atoms with E-state index in [1.165, 1.54) is 32.1 Å². The number of carbonyl (C=O) groups excluding carboxylic acids is 1. The first kappa shape index (κ1) is 36.6. The zero-order chi connectivity index (χ0) is 35.1. The molecule has 2 fully saturated rings. The third kappa shape index (κ3) is 11.4. The Morgan fingerprint density at radius 1 is 1.00 bits per heavy atom. The average molecular weight is 703 g/mol. The van der Waals surface area contributed by atoms with Crippen LogP contribution in [-0.4, -0.2) is 109 Å². The third-order valence-electron chi connectivity index (χ3n) is 9.71. The van der Waals surface area contributed by atoms with Gasteiger partial charge in [0.2, 0.25) is 5.95 Å². The minimum Gasteiger partial charge on any atom is -0.461 e. The second kappa shape index (κ2) is 19.4. The normalized spacial score (nSPS) is 16.5. The number of aromatic nitrogens is 7. The van der Waals surface area contributed by atoms with Crippen molar-refractivity contribution in [3.63, 3.8) is 0 Å². The number of anilines is 2. The van der Waals surface area contributed by atoms with E-state index in [4.69, 9.17) is 14.7 Å². The fourth-order valence-electron chi connectivity index (χ4n) is 6.75. The van der Waals surface area contributed by atoms with Gasteiger partial charge in [-0.15, -0.1) is 5.10 Å². The predicted octanol–water partition coefficient (Wildman–Crippen LogP) is 3.20. The first-order valence-corrected chi connectivity index (χ1v) is 18.8. The molecule has 6 rings (SSSR count). The van der Waals surface area contributed by atoms with Crippen LogP contribution in [-0.2, 0) is 29.2 Å². The number of aliphatic hydroxyl groups is 1. The molecule has 276 valence electrons. The van der Waals surface area contributed by atoms with Gasteiger partial charge in [0, 0.05) is 45.2 Å². The first-order valence-electron chi connectivity index (χ1n) is 18.8. The first-order chi connectivity index (χ1) is 25.1. The standard InChI is InChI=1S/C36H54N12O3/c49-31(14-7-15-32(50)51-26-28-10-3-1-4-11-28)46-20-22-47(23-21-46)36-42-34(33-35(43-36)41-27-40-33)39-24-30-25-48(45-44-30)19-9-17-37-16-8-18-38-29-12-5-2-6-13-29/h1,3-4,10-11,25,27,29,31,37-38,49H,2,5-9,12-24,26H2,(H2,39,40,41,42,43). The third-order valence-corrected chi connectivity index (χ3v) is 9.71. The lowest BCUT2D eigenvalue weighted by Gasteiger charge is -2.37. The molecule has 51 heavy (non-hydrogen) atoms. The molecule has 15 heteroatoms. The number of ether oxygens (including phenoxy) is 1. The van der Waals surface area contributed by atoms with Crippen LogP contribution in [0.1, 0.15) is 75.5 Å². The van der Waals surface area contributed by atoms with E-state index < -0.39 is 6.23 Å². The lowest BCUT2D eigenvalue weighted by atomic mass is 9.95. The van der Waals surface area contributed by atoms with E-state index in [2.05, 4.69) is 41.1 Å². The number of fused-ring (bicyclic) bond motifs is 1. The number of esters is 1. The highest BCUT2D eigenvalue weighted by Gasteiger charge is 2.25. The number of aryl methyl sites for hydroxylation is 1. The van der Waals surface area contributed by atoms with Gasteiger partial charge in [-0.1, -0.05) is 54.8 Å². The van der Waals surface area contributed by atoms with Crippen LogP contribution in [0.4, 0.5) is 11.8 Å². The van der Waals surface area contributed by atoms with E-state index in [1.54, 1.807) is 6.33 Å². The second-order valence-electron chi connectivity index (χ2n) is 13.6. The van der Waals surface area contributed by atoms with E-state index in [0.29, 0.717) is 63.0 Å². The van der Waals surface area contributed by atoms with Crippen LogP contribution in [0, 0.1) is 0 Å². The number of hydrogen-bond acceptors (Lipinski definition) is 13. The number of imidazole rings is 1. The highest BCUT2D eigenvalue weighted by molar-refractivity contribution is 5.83. The second-order valence-corrected chi connectivity index (χ2v) is 13.6. The van der Waals surface area contributed by atoms with Gasteiger partial charge in [0.15, 0.2) is 11.5 Å².